The zero-order chi connectivity index (χ0) is 10.4. The summed E-state index contributed by atoms with van der Waals surface area (Å²) in [6, 6.07) is 0.314. The van der Waals surface area contributed by atoms with Gasteiger partial charge in [0.15, 0.2) is 0 Å². The van der Waals surface area contributed by atoms with Crippen LogP contribution in [0.4, 0.5) is 0 Å². The predicted molar refractivity (Wildman–Crippen MR) is 59.8 cm³/mol. The van der Waals surface area contributed by atoms with Crippen LogP contribution in [0.3, 0.4) is 0 Å². The lowest BCUT2D eigenvalue weighted by molar-refractivity contribution is 0.248. The lowest BCUT2D eigenvalue weighted by Gasteiger charge is -2.25. The molecule has 0 aliphatic carbocycles. The van der Waals surface area contributed by atoms with Crippen molar-refractivity contribution in [3.05, 3.63) is 0 Å². The van der Waals surface area contributed by atoms with Crippen molar-refractivity contribution in [2.45, 2.75) is 40.2 Å². The van der Waals surface area contributed by atoms with Crippen LogP contribution in [-0.4, -0.2) is 31.1 Å². The van der Waals surface area contributed by atoms with E-state index in [1.165, 1.54) is 6.42 Å². The lowest BCUT2D eigenvalue weighted by Crippen LogP contribution is -2.40. The molecule has 2 N–H and O–H groups in total. The van der Waals surface area contributed by atoms with E-state index in [9.17, 15) is 0 Å². The summed E-state index contributed by atoms with van der Waals surface area (Å²) in [5.74, 6) is 1.36. The molecule has 0 saturated carbocycles. The van der Waals surface area contributed by atoms with E-state index in [2.05, 4.69) is 39.6 Å². The molecule has 0 aliphatic rings. The third-order valence-electron chi connectivity index (χ3n) is 2.70. The van der Waals surface area contributed by atoms with Gasteiger partial charge in [-0.25, -0.2) is 0 Å². The molecule has 13 heavy (non-hydrogen) atoms. The predicted octanol–water partition coefficient (Wildman–Crippen LogP) is 1.95. The minimum Gasteiger partial charge on any atom is -0.326 e. The Bertz CT molecular complexity index is 123. The molecule has 0 spiro atoms. The second-order valence-corrected chi connectivity index (χ2v) is 4.64. The van der Waals surface area contributed by atoms with Gasteiger partial charge in [-0.15, -0.1) is 0 Å². The third-order valence-corrected chi connectivity index (χ3v) is 2.70. The SMILES string of the molecule is CCC(C)CN(C)CC(N)C(C)C. The fraction of sp³-hybridized carbons (Fsp3) is 1.00. The molecule has 0 radical (unpaired) electrons. The van der Waals surface area contributed by atoms with E-state index in [1.54, 1.807) is 0 Å². The molecule has 0 rings (SSSR count). The maximum absolute atomic E-state index is 5.99. The van der Waals surface area contributed by atoms with E-state index in [4.69, 9.17) is 5.73 Å². The fourth-order valence-electron chi connectivity index (χ4n) is 1.31. The van der Waals surface area contributed by atoms with E-state index in [0.717, 1.165) is 19.0 Å². The lowest BCUT2D eigenvalue weighted by atomic mass is 10.0. The molecule has 0 aromatic carbocycles. The molecule has 0 aliphatic heterocycles. The van der Waals surface area contributed by atoms with Crippen molar-refractivity contribution in [1.82, 2.24) is 4.90 Å². The highest BCUT2D eigenvalue weighted by molar-refractivity contribution is 4.70. The first-order valence-corrected chi connectivity index (χ1v) is 5.41. The van der Waals surface area contributed by atoms with E-state index < -0.39 is 0 Å². The average molecular weight is 186 g/mol. The topological polar surface area (TPSA) is 29.3 Å². The van der Waals surface area contributed by atoms with Crippen molar-refractivity contribution < 1.29 is 0 Å². The van der Waals surface area contributed by atoms with Crippen molar-refractivity contribution in [2.75, 3.05) is 20.1 Å². The number of nitrogens with zero attached hydrogens (tertiary/aromatic N) is 1. The summed E-state index contributed by atoms with van der Waals surface area (Å²) < 4.78 is 0. The molecule has 0 amide bonds. The van der Waals surface area contributed by atoms with Crippen LogP contribution in [0.5, 0.6) is 0 Å². The Balaban J connectivity index is 3.67. The van der Waals surface area contributed by atoms with E-state index in [0.29, 0.717) is 12.0 Å². The number of hydrogen-bond acceptors (Lipinski definition) is 2. The monoisotopic (exact) mass is 186 g/mol. The molecule has 0 aromatic heterocycles. The Labute approximate surface area is 83.5 Å². The standard InChI is InChI=1S/C11H26N2/c1-6-10(4)7-13(5)8-11(12)9(2)3/h9-11H,6-8,12H2,1-5H3. The van der Waals surface area contributed by atoms with Crippen LogP contribution in [0.1, 0.15) is 34.1 Å². The van der Waals surface area contributed by atoms with Crippen LogP contribution in [-0.2, 0) is 0 Å². The van der Waals surface area contributed by atoms with E-state index >= 15 is 0 Å². The van der Waals surface area contributed by atoms with Crippen LogP contribution < -0.4 is 5.73 Å². The Morgan fingerprint density at radius 1 is 1.15 bits per heavy atom. The van der Waals surface area contributed by atoms with Gasteiger partial charge in [0, 0.05) is 19.1 Å². The second-order valence-electron chi connectivity index (χ2n) is 4.64. The molecule has 80 valence electrons. The molecular formula is C11H26N2. The summed E-state index contributed by atoms with van der Waals surface area (Å²) in [5, 5.41) is 0. The first-order valence-electron chi connectivity index (χ1n) is 5.41. The Hall–Kier alpha value is -0.0800. The van der Waals surface area contributed by atoms with Crippen LogP contribution >= 0.6 is 0 Å². The van der Waals surface area contributed by atoms with Gasteiger partial charge in [-0.1, -0.05) is 34.1 Å². The van der Waals surface area contributed by atoms with Crippen LogP contribution in [0.15, 0.2) is 0 Å². The van der Waals surface area contributed by atoms with Gasteiger partial charge < -0.3 is 10.6 Å². The largest absolute Gasteiger partial charge is 0.326 e. The molecule has 2 heteroatoms. The van der Waals surface area contributed by atoms with Crippen molar-refractivity contribution in [2.24, 2.45) is 17.6 Å². The highest BCUT2D eigenvalue weighted by Gasteiger charge is 2.11. The number of rotatable bonds is 6. The van der Waals surface area contributed by atoms with E-state index in [-0.39, 0.29) is 0 Å². The quantitative estimate of drug-likeness (QED) is 0.687. The minimum absolute atomic E-state index is 0.314. The van der Waals surface area contributed by atoms with Crippen LogP contribution in [0.2, 0.25) is 0 Å². The molecular weight excluding hydrogens is 160 g/mol. The van der Waals surface area contributed by atoms with Gasteiger partial charge in [-0.2, -0.15) is 0 Å². The molecule has 0 bridgehead atoms. The summed E-state index contributed by atoms with van der Waals surface area (Å²) in [6.07, 6.45) is 1.25. The number of likely N-dealkylation sites (N-methyl/N-ethyl adjacent to an activating group) is 1. The zero-order valence-electron chi connectivity index (χ0n) is 9.88. The summed E-state index contributed by atoms with van der Waals surface area (Å²) in [6.45, 7) is 11.1. The molecule has 0 heterocycles. The highest BCUT2D eigenvalue weighted by Crippen LogP contribution is 2.05. The molecule has 0 aromatic rings. The molecule has 0 saturated heterocycles. The molecule has 2 atom stereocenters. The van der Waals surface area contributed by atoms with E-state index in [1.807, 2.05) is 0 Å². The van der Waals surface area contributed by atoms with Gasteiger partial charge in [0.25, 0.3) is 0 Å². The van der Waals surface area contributed by atoms with Crippen molar-refractivity contribution in [3.8, 4) is 0 Å². The van der Waals surface area contributed by atoms with Gasteiger partial charge in [-0.3, -0.25) is 0 Å². The average Bonchev–Trinajstić information content (AvgIpc) is 2.03. The molecule has 0 fully saturated rings. The Kier molecular flexibility index (Phi) is 6.35. The highest BCUT2D eigenvalue weighted by atomic mass is 15.1. The molecule has 2 unspecified atom stereocenters. The maximum Gasteiger partial charge on any atom is 0.0191 e. The first-order chi connectivity index (χ1) is 5.97. The van der Waals surface area contributed by atoms with Crippen molar-refractivity contribution in [1.29, 1.82) is 0 Å². The van der Waals surface area contributed by atoms with Gasteiger partial charge in [0.05, 0.1) is 0 Å². The molecule has 2 nitrogen and oxygen atoms in total. The zero-order valence-corrected chi connectivity index (χ0v) is 9.88. The third kappa shape index (κ3) is 6.05. The Morgan fingerprint density at radius 2 is 1.69 bits per heavy atom. The fourth-order valence-corrected chi connectivity index (χ4v) is 1.31. The summed E-state index contributed by atoms with van der Waals surface area (Å²) in [4.78, 5) is 2.35. The minimum atomic E-state index is 0.314. The van der Waals surface area contributed by atoms with Crippen LogP contribution in [0, 0.1) is 11.8 Å². The maximum atomic E-state index is 5.99. The van der Waals surface area contributed by atoms with Gasteiger partial charge in [-0.05, 0) is 18.9 Å². The van der Waals surface area contributed by atoms with Gasteiger partial charge in [0.1, 0.15) is 0 Å². The number of hydrogen-bond donors (Lipinski definition) is 1. The van der Waals surface area contributed by atoms with Gasteiger partial charge >= 0.3 is 0 Å². The first kappa shape index (κ1) is 12.9. The van der Waals surface area contributed by atoms with Crippen molar-refractivity contribution in [3.63, 3.8) is 0 Å². The summed E-state index contributed by atoms with van der Waals surface area (Å²) >= 11 is 0. The normalized spacial score (nSPS) is 16.6. The smallest absolute Gasteiger partial charge is 0.0191 e. The summed E-state index contributed by atoms with van der Waals surface area (Å²) in [7, 11) is 2.16. The second kappa shape index (κ2) is 6.39. The number of nitrogens with two attached hydrogens (primary N) is 1. The van der Waals surface area contributed by atoms with Crippen molar-refractivity contribution >= 4 is 0 Å². The Morgan fingerprint density at radius 3 is 2.08 bits per heavy atom. The summed E-state index contributed by atoms with van der Waals surface area (Å²) in [5.41, 5.74) is 5.99. The van der Waals surface area contributed by atoms with Crippen LogP contribution in [0.25, 0.3) is 0 Å². The van der Waals surface area contributed by atoms with Gasteiger partial charge in [0.2, 0.25) is 0 Å².